The molecular weight excluding hydrogens is 306 g/mol. The van der Waals surface area contributed by atoms with E-state index in [2.05, 4.69) is 6.92 Å². The Morgan fingerprint density at radius 3 is 2.05 bits per heavy atom. The van der Waals surface area contributed by atoms with Gasteiger partial charge in [-0.3, -0.25) is 4.79 Å². The van der Waals surface area contributed by atoms with Gasteiger partial charge in [-0.2, -0.15) is 0 Å². The van der Waals surface area contributed by atoms with Crippen molar-refractivity contribution in [2.75, 3.05) is 20.8 Å². The van der Waals surface area contributed by atoms with Crippen LogP contribution in [0.2, 0.25) is 12.1 Å². The number of ether oxygens (including phenoxy) is 1. The smallest absolute Gasteiger partial charge is 0.348 e. The lowest BCUT2D eigenvalue weighted by Gasteiger charge is -2.27. The van der Waals surface area contributed by atoms with Crippen molar-refractivity contribution in [2.24, 2.45) is 5.34 Å². The number of hydrogen-bond donors (Lipinski definition) is 1. The van der Waals surface area contributed by atoms with E-state index in [1.807, 2.05) is 13.5 Å². The first-order valence-electron chi connectivity index (χ1n) is 7.67. The molecule has 0 saturated heterocycles. The summed E-state index contributed by atoms with van der Waals surface area (Å²) in [5, 5.41) is 7.89. The Bertz CT molecular complexity index is 287. The average Bonchev–Trinajstić information content (AvgIpc) is 2.53. The van der Waals surface area contributed by atoms with E-state index >= 15 is 0 Å². The summed E-state index contributed by atoms with van der Waals surface area (Å²) in [4.78, 5) is 20.0. The van der Waals surface area contributed by atoms with E-state index in [0.29, 0.717) is 6.61 Å². The summed E-state index contributed by atoms with van der Waals surface area (Å²) in [6.07, 6.45) is 7.13. The molecule has 132 valence electrons. The molecule has 0 fully saturated rings. The molecule has 0 rings (SSSR count). The van der Waals surface area contributed by atoms with Crippen molar-refractivity contribution < 1.29 is 23.6 Å². The van der Waals surface area contributed by atoms with Gasteiger partial charge in [0.25, 0.3) is 0 Å². The molecule has 0 aliphatic carbocycles. The molecule has 1 unspecified atom stereocenters. The Kier molecular flexibility index (Phi) is 15.8. The van der Waals surface area contributed by atoms with Gasteiger partial charge in [0.2, 0.25) is 0 Å². The Hall–Kier alpha value is -0.993. The van der Waals surface area contributed by atoms with Crippen LogP contribution >= 0.6 is 0 Å². The Balaban J connectivity index is 0. The van der Waals surface area contributed by atoms with E-state index in [1.54, 1.807) is 14.2 Å². The molecule has 0 saturated carbocycles. The Labute approximate surface area is 134 Å². The van der Waals surface area contributed by atoms with Crippen LogP contribution in [0.5, 0.6) is 0 Å². The molecule has 0 aromatic rings. The van der Waals surface area contributed by atoms with Gasteiger partial charge in [-0.1, -0.05) is 39.0 Å². The number of nitrogens with zero attached hydrogens (tertiary/aromatic N) is 1. The molecule has 1 N–H and O–H groups in total. The molecule has 0 aliphatic heterocycles. The van der Waals surface area contributed by atoms with Crippen LogP contribution in [0.3, 0.4) is 0 Å². The number of rotatable bonds is 11. The second kappa shape index (κ2) is 14.9. The van der Waals surface area contributed by atoms with Crippen LogP contribution in [0.1, 0.15) is 52.4 Å². The van der Waals surface area contributed by atoms with Crippen molar-refractivity contribution in [3.63, 3.8) is 0 Å². The maximum atomic E-state index is 11.9. The van der Waals surface area contributed by atoms with Crippen molar-refractivity contribution in [3.8, 4) is 0 Å². The van der Waals surface area contributed by atoms with Crippen LogP contribution in [0, 0.1) is 4.91 Å². The van der Waals surface area contributed by atoms with Crippen LogP contribution < -0.4 is 0 Å². The molecule has 0 aliphatic rings. The van der Waals surface area contributed by atoms with Crippen LogP contribution in [-0.2, 0) is 18.4 Å². The van der Waals surface area contributed by atoms with Gasteiger partial charge in [-0.05, 0) is 19.9 Å². The molecule has 0 aromatic heterocycles. The first kappa shape index (κ1) is 23.3. The fourth-order valence-corrected chi connectivity index (χ4v) is 3.22. The zero-order valence-corrected chi connectivity index (χ0v) is 15.5. The van der Waals surface area contributed by atoms with Crippen LogP contribution in [-0.4, -0.2) is 40.6 Å². The topological polar surface area (TPSA) is 94.4 Å². The van der Waals surface area contributed by atoms with Crippen molar-refractivity contribution in [2.45, 2.75) is 64.5 Å². The fraction of sp³-hybridized carbons (Fsp3) is 0.929. The monoisotopic (exact) mass is 337 g/mol. The quantitative estimate of drug-likeness (QED) is 0.203. The van der Waals surface area contributed by atoms with E-state index in [0.717, 1.165) is 12.8 Å². The molecule has 1 atom stereocenters. The van der Waals surface area contributed by atoms with Crippen LogP contribution in [0.4, 0.5) is 0 Å². The summed E-state index contributed by atoms with van der Waals surface area (Å²) in [5.41, 5.74) is -0.303. The second-order valence-electron chi connectivity index (χ2n) is 5.16. The van der Waals surface area contributed by atoms with E-state index in [-0.39, 0.29) is 11.5 Å². The van der Waals surface area contributed by atoms with Gasteiger partial charge in [-0.25, -0.2) is 0 Å². The summed E-state index contributed by atoms with van der Waals surface area (Å²) >= 11 is 0. The molecule has 7 nitrogen and oxygen atoms in total. The van der Waals surface area contributed by atoms with E-state index < -0.39 is 8.56 Å². The van der Waals surface area contributed by atoms with Gasteiger partial charge in [0.15, 0.2) is 5.34 Å². The number of carbonyl (C=O) groups excluding carboxylic acids is 1. The highest BCUT2D eigenvalue weighted by Crippen LogP contribution is 2.24. The second-order valence-corrected chi connectivity index (χ2v) is 8.88. The summed E-state index contributed by atoms with van der Waals surface area (Å²) in [6.45, 7) is 6.41. The van der Waals surface area contributed by atoms with Gasteiger partial charge < -0.3 is 18.8 Å². The van der Waals surface area contributed by atoms with Gasteiger partial charge in [0.05, 0.1) is 12.1 Å². The maximum absolute atomic E-state index is 11.9. The van der Waals surface area contributed by atoms with E-state index in [4.69, 9.17) is 23.7 Å². The third-order valence-electron chi connectivity index (χ3n) is 3.69. The molecule has 0 bridgehead atoms. The molecular formula is C14H31NO6Si. The number of unbranched alkanes of at least 4 members (excludes halogenated alkanes) is 5. The maximum Gasteiger partial charge on any atom is 0.348 e. The van der Waals surface area contributed by atoms with Crippen LogP contribution in [0.15, 0.2) is 5.34 Å². The summed E-state index contributed by atoms with van der Waals surface area (Å²) < 4.78 is 16.0. The molecule has 8 heteroatoms. The Morgan fingerprint density at radius 2 is 1.59 bits per heavy atom. The first-order chi connectivity index (χ1) is 10.4. The van der Waals surface area contributed by atoms with E-state index in [9.17, 15) is 4.79 Å². The van der Waals surface area contributed by atoms with Gasteiger partial charge >= 0.3 is 14.5 Å². The molecule has 22 heavy (non-hydrogen) atoms. The lowest BCUT2D eigenvalue weighted by atomic mass is 10.1. The van der Waals surface area contributed by atoms with Crippen molar-refractivity contribution >= 4 is 14.5 Å². The SMILES string of the molecule is CCCCCCCCOC(=O)C(C)[Si](C)(OC)OC.O=NO. The zero-order valence-electron chi connectivity index (χ0n) is 14.5. The Morgan fingerprint density at radius 1 is 1.14 bits per heavy atom. The third kappa shape index (κ3) is 10.7. The molecule has 0 aromatic carbocycles. The average molecular weight is 337 g/mol. The lowest BCUT2D eigenvalue weighted by Crippen LogP contribution is -2.44. The normalized spacial score (nSPS) is 12.0. The first-order valence-corrected chi connectivity index (χ1v) is 10.1. The van der Waals surface area contributed by atoms with E-state index in [1.165, 1.54) is 31.0 Å². The summed E-state index contributed by atoms with van der Waals surface area (Å²) in [7, 11) is 0.757. The predicted molar refractivity (Wildman–Crippen MR) is 87.0 cm³/mol. The zero-order chi connectivity index (χ0) is 17.4. The summed E-state index contributed by atoms with van der Waals surface area (Å²) in [6, 6.07) is 0. The predicted octanol–water partition coefficient (Wildman–Crippen LogP) is 3.79. The largest absolute Gasteiger partial charge is 0.466 e. The third-order valence-corrected chi connectivity index (χ3v) is 7.12. The van der Waals surface area contributed by atoms with Crippen molar-refractivity contribution in [1.29, 1.82) is 0 Å². The lowest BCUT2D eigenvalue weighted by molar-refractivity contribution is -0.144. The minimum atomic E-state index is -2.42. The minimum Gasteiger partial charge on any atom is -0.466 e. The number of hydrogen-bond acceptors (Lipinski definition) is 6. The number of esters is 1. The van der Waals surface area contributed by atoms with Crippen molar-refractivity contribution in [3.05, 3.63) is 4.91 Å². The summed E-state index contributed by atoms with van der Waals surface area (Å²) in [5.74, 6) is -0.202. The highest BCUT2D eigenvalue weighted by atomic mass is 28.4. The molecule has 0 heterocycles. The van der Waals surface area contributed by atoms with Gasteiger partial charge in [0.1, 0.15) is 0 Å². The number of carbonyl (C=O) groups is 1. The fourth-order valence-electron chi connectivity index (χ4n) is 1.83. The highest BCUT2D eigenvalue weighted by molar-refractivity contribution is 6.70. The standard InChI is InChI=1S/C14H30O4Si.HNO2/c1-6-7-8-9-10-11-12-18-14(15)13(2)19(5,16-3)17-4;2-1-3/h13H,6-12H2,1-5H3;(H,2,3). The molecule has 0 spiro atoms. The minimum absolute atomic E-state index is 0.202. The van der Waals surface area contributed by atoms with Crippen molar-refractivity contribution in [1.82, 2.24) is 0 Å². The highest BCUT2D eigenvalue weighted by Gasteiger charge is 2.42. The van der Waals surface area contributed by atoms with Gasteiger partial charge in [0, 0.05) is 14.2 Å². The van der Waals surface area contributed by atoms with Gasteiger partial charge in [-0.15, -0.1) is 4.91 Å². The molecule has 0 radical (unpaired) electrons. The molecule has 0 amide bonds. The van der Waals surface area contributed by atoms with Crippen LogP contribution in [0.25, 0.3) is 0 Å².